The quantitative estimate of drug-likeness (QED) is 0.193. The number of hydrogen-bond donors (Lipinski definition) is 1. The van der Waals surface area contributed by atoms with Crippen LogP contribution in [0.25, 0.3) is 0 Å². The Morgan fingerprint density at radius 2 is 1.20 bits per heavy atom. The zero-order chi connectivity index (χ0) is 21.9. The fourth-order valence-corrected chi connectivity index (χ4v) is 4.13. The highest BCUT2D eigenvalue weighted by Gasteiger charge is 2.20. The first-order chi connectivity index (χ1) is 14.5. The summed E-state index contributed by atoms with van der Waals surface area (Å²) in [6, 6.07) is 10.4. The van der Waals surface area contributed by atoms with E-state index in [1.54, 1.807) is 0 Å². The molecule has 0 aliphatic rings. The molecule has 0 saturated carbocycles. The number of nitrogens with one attached hydrogen (secondary N) is 1. The molecule has 0 atom stereocenters. The second-order valence-corrected chi connectivity index (χ2v) is 9.68. The normalized spacial score (nSPS) is 11.6. The molecule has 0 bridgehead atoms. The van der Waals surface area contributed by atoms with E-state index in [1.807, 2.05) is 6.07 Å². The Morgan fingerprint density at radius 1 is 0.733 bits per heavy atom. The fourth-order valence-electron chi connectivity index (χ4n) is 4.13. The number of likely N-dealkylation sites (N-methyl/N-ethyl adjacent to an activating group) is 1. The van der Waals surface area contributed by atoms with Crippen molar-refractivity contribution in [3.63, 3.8) is 0 Å². The minimum Gasteiger partial charge on any atom is -0.351 e. The number of carbonyl (C=O) groups is 1. The third-order valence-corrected chi connectivity index (χ3v) is 5.88. The van der Waals surface area contributed by atoms with Gasteiger partial charge in [0.25, 0.3) is 5.91 Å². The Kier molecular flexibility index (Phi) is 15.4. The van der Waals surface area contributed by atoms with E-state index in [2.05, 4.69) is 50.6 Å². The number of carbonyl (C=O) groups excluding carboxylic acids is 1. The Hall–Kier alpha value is -1.35. The van der Waals surface area contributed by atoms with Crippen LogP contribution in [0.2, 0.25) is 0 Å². The van der Waals surface area contributed by atoms with Crippen molar-refractivity contribution in [2.24, 2.45) is 0 Å². The first-order valence-corrected chi connectivity index (χ1v) is 12.7. The molecule has 0 aliphatic carbocycles. The third kappa shape index (κ3) is 15.5. The zero-order valence-corrected chi connectivity index (χ0v) is 20.3. The summed E-state index contributed by atoms with van der Waals surface area (Å²) in [6.07, 6.45) is 19.1. The lowest BCUT2D eigenvalue weighted by Gasteiger charge is -2.29. The molecule has 1 amide bonds. The molecule has 0 saturated heterocycles. The molecule has 30 heavy (non-hydrogen) atoms. The smallest absolute Gasteiger partial charge is 0.275 e. The van der Waals surface area contributed by atoms with Crippen molar-refractivity contribution < 1.29 is 9.28 Å². The average molecular weight is 418 g/mol. The molecule has 1 N–H and O–H groups in total. The summed E-state index contributed by atoms with van der Waals surface area (Å²) in [7, 11) is 4.25. The van der Waals surface area contributed by atoms with Crippen LogP contribution in [0.5, 0.6) is 0 Å². The molecule has 1 aromatic rings. The highest BCUT2D eigenvalue weighted by molar-refractivity contribution is 5.77. The van der Waals surface area contributed by atoms with Crippen LogP contribution in [0.15, 0.2) is 30.3 Å². The molecule has 0 unspecified atom stereocenters. The summed E-state index contributed by atoms with van der Waals surface area (Å²) in [5, 5.41) is 3.11. The van der Waals surface area contributed by atoms with E-state index in [1.165, 1.54) is 89.0 Å². The highest BCUT2D eigenvalue weighted by Crippen LogP contribution is 2.13. The van der Waals surface area contributed by atoms with Crippen LogP contribution in [0, 0.1) is 0 Å². The summed E-state index contributed by atoms with van der Waals surface area (Å²) >= 11 is 0. The zero-order valence-electron chi connectivity index (χ0n) is 20.3. The van der Waals surface area contributed by atoms with Gasteiger partial charge < -0.3 is 9.80 Å². The van der Waals surface area contributed by atoms with Crippen LogP contribution in [0.1, 0.15) is 102 Å². The van der Waals surface area contributed by atoms with Crippen molar-refractivity contribution in [3.05, 3.63) is 35.9 Å². The highest BCUT2D eigenvalue weighted by atomic mass is 16.2. The molecule has 1 aromatic carbocycles. The minimum atomic E-state index is 0.172. The van der Waals surface area contributed by atoms with Gasteiger partial charge in [0.05, 0.1) is 14.1 Å². The van der Waals surface area contributed by atoms with Crippen LogP contribution in [-0.2, 0) is 11.3 Å². The Bertz CT molecular complexity index is 527. The van der Waals surface area contributed by atoms with Gasteiger partial charge >= 0.3 is 0 Å². The molecular formula is C27H49N2O+. The maximum absolute atomic E-state index is 12.3. The Labute approximate surface area is 187 Å². The van der Waals surface area contributed by atoms with E-state index in [0.717, 1.165) is 19.5 Å². The number of quaternary nitrogens is 1. The number of nitrogens with zero attached hydrogens (tertiary/aromatic N) is 1. The van der Waals surface area contributed by atoms with E-state index in [9.17, 15) is 4.79 Å². The second-order valence-electron chi connectivity index (χ2n) is 9.68. The first kappa shape index (κ1) is 26.7. The van der Waals surface area contributed by atoms with Gasteiger partial charge in [0, 0.05) is 12.1 Å². The second kappa shape index (κ2) is 17.3. The number of unbranched alkanes of at least 4 members (excludes halogenated alkanes) is 13. The van der Waals surface area contributed by atoms with E-state index in [4.69, 9.17) is 0 Å². The van der Waals surface area contributed by atoms with Gasteiger partial charge in [-0.15, -0.1) is 0 Å². The van der Waals surface area contributed by atoms with Crippen molar-refractivity contribution in [3.8, 4) is 0 Å². The predicted molar refractivity (Wildman–Crippen MR) is 130 cm³/mol. The topological polar surface area (TPSA) is 29.1 Å². The van der Waals surface area contributed by atoms with Crippen molar-refractivity contribution in [2.45, 2.75) is 103 Å². The van der Waals surface area contributed by atoms with Gasteiger partial charge in [0.15, 0.2) is 6.54 Å². The van der Waals surface area contributed by atoms with Gasteiger partial charge in [0.2, 0.25) is 0 Å². The van der Waals surface area contributed by atoms with Gasteiger partial charge in [-0.2, -0.15) is 0 Å². The monoisotopic (exact) mass is 417 g/mol. The van der Waals surface area contributed by atoms with Gasteiger partial charge in [-0.05, 0) is 6.42 Å². The van der Waals surface area contributed by atoms with Crippen LogP contribution in [-0.4, -0.2) is 37.6 Å². The van der Waals surface area contributed by atoms with Crippen LogP contribution in [0.4, 0.5) is 0 Å². The van der Waals surface area contributed by atoms with Gasteiger partial charge in [-0.3, -0.25) is 4.79 Å². The summed E-state index contributed by atoms with van der Waals surface area (Å²) in [6.45, 7) is 4.52. The molecule has 0 spiro atoms. The van der Waals surface area contributed by atoms with E-state index >= 15 is 0 Å². The lowest BCUT2D eigenvalue weighted by atomic mass is 10.0. The molecule has 0 radical (unpaired) electrons. The molecule has 3 heteroatoms. The fraction of sp³-hybridized carbons (Fsp3) is 0.741. The number of amides is 1. The molecule has 172 valence electrons. The summed E-state index contributed by atoms with van der Waals surface area (Å²) < 4.78 is 0.689. The van der Waals surface area contributed by atoms with Gasteiger partial charge in [0.1, 0.15) is 6.54 Å². The molecule has 0 fully saturated rings. The largest absolute Gasteiger partial charge is 0.351 e. The SMILES string of the molecule is CCCCCCCCCCCCCCCCNC(=O)C[N+](C)(C)Cc1ccccc1. The summed E-state index contributed by atoms with van der Waals surface area (Å²) in [5.41, 5.74) is 1.28. The number of benzene rings is 1. The number of hydrogen-bond acceptors (Lipinski definition) is 1. The maximum atomic E-state index is 12.3. The van der Waals surface area contributed by atoms with E-state index in [0.29, 0.717) is 11.0 Å². The molecule has 1 rings (SSSR count). The standard InChI is InChI=1S/C27H48N2O/c1-4-5-6-7-8-9-10-11-12-13-14-15-16-20-23-28-27(30)25-29(2,3)24-26-21-18-17-19-22-26/h17-19,21-22H,4-16,20,23-25H2,1-3H3/p+1. The van der Waals surface area contributed by atoms with E-state index < -0.39 is 0 Å². The third-order valence-electron chi connectivity index (χ3n) is 5.88. The minimum absolute atomic E-state index is 0.172. The van der Waals surface area contributed by atoms with Gasteiger partial charge in [-0.25, -0.2) is 0 Å². The summed E-state index contributed by atoms with van der Waals surface area (Å²) in [5.74, 6) is 0.172. The molecule has 0 heterocycles. The maximum Gasteiger partial charge on any atom is 0.275 e. The first-order valence-electron chi connectivity index (χ1n) is 12.7. The predicted octanol–water partition coefficient (Wildman–Crippen LogP) is 6.86. The molecule has 3 nitrogen and oxygen atoms in total. The van der Waals surface area contributed by atoms with Crippen molar-refractivity contribution in [2.75, 3.05) is 27.2 Å². The Morgan fingerprint density at radius 3 is 1.70 bits per heavy atom. The lowest BCUT2D eigenvalue weighted by Crippen LogP contribution is -2.46. The van der Waals surface area contributed by atoms with Crippen molar-refractivity contribution in [1.29, 1.82) is 0 Å². The van der Waals surface area contributed by atoms with Crippen LogP contribution < -0.4 is 5.32 Å². The summed E-state index contributed by atoms with van der Waals surface area (Å²) in [4.78, 5) is 12.3. The number of rotatable bonds is 19. The van der Waals surface area contributed by atoms with Crippen LogP contribution in [0.3, 0.4) is 0 Å². The lowest BCUT2D eigenvalue weighted by molar-refractivity contribution is -0.895. The van der Waals surface area contributed by atoms with Crippen molar-refractivity contribution >= 4 is 5.91 Å². The Balaban J connectivity index is 1.90. The molecule has 0 aromatic heterocycles. The van der Waals surface area contributed by atoms with Crippen molar-refractivity contribution in [1.82, 2.24) is 5.32 Å². The van der Waals surface area contributed by atoms with Gasteiger partial charge in [-0.1, -0.05) is 121 Å². The van der Waals surface area contributed by atoms with Crippen LogP contribution >= 0.6 is 0 Å². The van der Waals surface area contributed by atoms with E-state index in [-0.39, 0.29) is 5.91 Å². The molecular weight excluding hydrogens is 368 g/mol. The molecule has 0 aliphatic heterocycles. The average Bonchev–Trinajstić information content (AvgIpc) is 2.71.